The molecule has 2 aliphatic rings. The molecule has 1 amide bonds. The quantitative estimate of drug-likeness (QED) is 0.694. The van der Waals surface area contributed by atoms with Gasteiger partial charge in [0.15, 0.2) is 0 Å². The van der Waals surface area contributed by atoms with E-state index in [1.165, 1.54) is 22.5 Å². The van der Waals surface area contributed by atoms with Gasteiger partial charge in [-0.1, -0.05) is 0 Å². The normalized spacial score (nSPS) is 19.1. The number of benzene rings is 1. The highest BCUT2D eigenvalue weighted by atomic mass is 32.2. The Labute approximate surface area is 152 Å². The van der Waals surface area contributed by atoms with Gasteiger partial charge in [-0.15, -0.1) is 0 Å². The maximum absolute atomic E-state index is 12.9. The molecule has 2 fully saturated rings. The predicted octanol–water partition coefficient (Wildman–Crippen LogP) is 1.67. The summed E-state index contributed by atoms with van der Waals surface area (Å²) in [7, 11) is -3.75. The molecule has 9 heteroatoms. The van der Waals surface area contributed by atoms with Gasteiger partial charge in [0.2, 0.25) is 15.9 Å². The molecule has 1 aromatic carbocycles. The molecule has 1 saturated heterocycles. The molecular formula is C17H22N2O6S. The Morgan fingerprint density at radius 3 is 2.46 bits per heavy atom. The maximum Gasteiger partial charge on any atom is 0.319 e. The fourth-order valence-electron chi connectivity index (χ4n) is 3.04. The summed E-state index contributed by atoms with van der Waals surface area (Å²) < 4.78 is 32.7. The van der Waals surface area contributed by atoms with Crippen LogP contribution in [-0.4, -0.2) is 49.4 Å². The van der Waals surface area contributed by atoms with Crippen LogP contribution in [0.15, 0.2) is 23.1 Å². The lowest BCUT2D eigenvalue weighted by Gasteiger charge is -2.19. The van der Waals surface area contributed by atoms with Crippen molar-refractivity contribution < 1.29 is 27.9 Å². The second-order valence-corrected chi connectivity index (χ2v) is 8.45. The SMILES string of the molecule is CCOc1ccc(NC(=O)C2(C(=O)O)CC2)cc1S(=O)(=O)N1CCCC1. The summed E-state index contributed by atoms with van der Waals surface area (Å²) in [6.45, 7) is 2.96. The summed E-state index contributed by atoms with van der Waals surface area (Å²) >= 11 is 0. The van der Waals surface area contributed by atoms with Crippen molar-refractivity contribution in [1.82, 2.24) is 4.31 Å². The molecule has 1 saturated carbocycles. The van der Waals surface area contributed by atoms with Gasteiger partial charge in [0.1, 0.15) is 16.1 Å². The highest BCUT2D eigenvalue weighted by Crippen LogP contribution is 2.47. The maximum atomic E-state index is 12.9. The van der Waals surface area contributed by atoms with Crippen molar-refractivity contribution >= 4 is 27.6 Å². The van der Waals surface area contributed by atoms with Crippen molar-refractivity contribution in [3.05, 3.63) is 18.2 Å². The zero-order valence-corrected chi connectivity index (χ0v) is 15.3. The molecule has 1 aromatic rings. The average Bonchev–Trinajstić information content (AvgIpc) is 3.23. The molecule has 1 aliphatic carbocycles. The van der Waals surface area contributed by atoms with E-state index in [0.29, 0.717) is 19.7 Å². The Morgan fingerprint density at radius 2 is 1.92 bits per heavy atom. The van der Waals surface area contributed by atoms with Crippen LogP contribution >= 0.6 is 0 Å². The largest absolute Gasteiger partial charge is 0.492 e. The van der Waals surface area contributed by atoms with E-state index in [1.807, 2.05) is 0 Å². The van der Waals surface area contributed by atoms with E-state index in [1.54, 1.807) is 6.92 Å². The molecule has 0 bridgehead atoms. The molecule has 0 aromatic heterocycles. The van der Waals surface area contributed by atoms with E-state index < -0.39 is 27.3 Å². The minimum absolute atomic E-state index is 0.0146. The number of hydrogen-bond donors (Lipinski definition) is 2. The van der Waals surface area contributed by atoms with E-state index >= 15 is 0 Å². The van der Waals surface area contributed by atoms with Crippen LogP contribution in [0.5, 0.6) is 5.75 Å². The molecule has 0 radical (unpaired) electrons. The number of ether oxygens (including phenoxy) is 1. The highest BCUT2D eigenvalue weighted by Gasteiger charge is 2.57. The Balaban J connectivity index is 1.91. The molecule has 2 N–H and O–H groups in total. The minimum Gasteiger partial charge on any atom is -0.492 e. The summed E-state index contributed by atoms with van der Waals surface area (Å²) in [5, 5.41) is 11.8. The van der Waals surface area contributed by atoms with Gasteiger partial charge in [-0.3, -0.25) is 9.59 Å². The Kier molecular flexibility index (Phi) is 4.94. The van der Waals surface area contributed by atoms with Gasteiger partial charge in [-0.25, -0.2) is 8.42 Å². The van der Waals surface area contributed by atoms with E-state index in [4.69, 9.17) is 4.74 Å². The first-order valence-corrected chi connectivity index (χ1v) is 10.1. The predicted molar refractivity (Wildman–Crippen MR) is 93.5 cm³/mol. The Morgan fingerprint density at radius 1 is 1.27 bits per heavy atom. The summed E-state index contributed by atoms with van der Waals surface area (Å²) in [5.41, 5.74) is -1.16. The standard InChI is InChI=1S/C17H22N2O6S/c1-2-25-13-6-5-12(18-15(20)17(7-8-17)16(21)22)11-14(13)26(23,24)19-9-3-4-10-19/h5-6,11H,2-4,7-10H2,1H3,(H,18,20)(H,21,22). The molecule has 0 unspecified atom stereocenters. The average molecular weight is 382 g/mol. The molecule has 0 atom stereocenters. The van der Waals surface area contributed by atoms with Gasteiger partial charge in [-0.2, -0.15) is 4.31 Å². The molecule has 3 rings (SSSR count). The third-order valence-corrected chi connectivity index (χ3v) is 6.70. The highest BCUT2D eigenvalue weighted by molar-refractivity contribution is 7.89. The molecule has 1 aliphatic heterocycles. The van der Waals surface area contributed by atoms with Gasteiger partial charge < -0.3 is 15.2 Å². The van der Waals surface area contributed by atoms with Crippen molar-refractivity contribution in [2.45, 2.75) is 37.5 Å². The van der Waals surface area contributed by atoms with E-state index in [0.717, 1.165) is 12.8 Å². The second kappa shape index (κ2) is 6.88. The summed E-state index contributed by atoms with van der Waals surface area (Å²) in [4.78, 5) is 23.5. The first-order chi connectivity index (χ1) is 12.3. The number of hydrogen-bond acceptors (Lipinski definition) is 5. The van der Waals surface area contributed by atoms with Crippen molar-refractivity contribution in [1.29, 1.82) is 0 Å². The fourth-order valence-corrected chi connectivity index (χ4v) is 4.72. The molecular weight excluding hydrogens is 360 g/mol. The van der Waals surface area contributed by atoms with Crippen LogP contribution in [0, 0.1) is 5.41 Å². The van der Waals surface area contributed by atoms with Crippen LogP contribution < -0.4 is 10.1 Å². The number of anilines is 1. The number of carboxylic acids is 1. The smallest absolute Gasteiger partial charge is 0.319 e. The van der Waals surface area contributed by atoms with E-state index in [9.17, 15) is 23.1 Å². The number of aliphatic carboxylic acids is 1. The van der Waals surface area contributed by atoms with Crippen LogP contribution in [-0.2, 0) is 19.6 Å². The monoisotopic (exact) mass is 382 g/mol. The number of nitrogens with one attached hydrogen (secondary N) is 1. The van der Waals surface area contributed by atoms with Crippen molar-refractivity contribution in [3.63, 3.8) is 0 Å². The minimum atomic E-state index is -3.75. The number of carboxylic acid groups (broad SMARTS) is 1. The lowest BCUT2D eigenvalue weighted by Crippen LogP contribution is -2.31. The molecule has 8 nitrogen and oxygen atoms in total. The molecule has 1 heterocycles. The molecule has 142 valence electrons. The molecule has 0 spiro atoms. The third-order valence-electron chi connectivity index (χ3n) is 4.78. The fraction of sp³-hybridized carbons (Fsp3) is 0.529. The summed E-state index contributed by atoms with van der Waals surface area (Å²) in [5.74, 6) is -1.57. The topological polar surface area (TPSA) is 113 Å². The number of rotatable bonds is 7. The Hall–Kier alpha value is -2.13. The lowest BCUT2D eigenvalue weighted by molar-refractivity contribution is -0.147. The van der Waals surface area contributed by atoms with Crippen LogP contribution in [0.4, 0.5) is 5.69 Å². The van der Waals surface area contributed by atoms with Crippen molar-refractivity contribution in [3.8, 4) is 5.75 Å². The van der Waals surface area contributed by atoms with Crippen LogP contribution in [0.25, 0.3) is 0 Å². The van der Waals surface area contributed by atoms with E-state index in [2.05, 4.69) is 5.32 Å². The second-order valence-electron chi connectivity index (χ2n) is 6.55. The van der Waals surface area contributed by atoms with Gasteiger partial charge in [0, 0.05) is 18.8 Å². The summed E-state index contributed by atoms with van der Waals surface area (Å²) in [6, 6.07) is 4.35. The van der Waals surface area contributed by atoms with Crippen LogP contribution in [0.2, 0.25) is 0 Å². The number of amides is 1. The van der Waals surface area contributed by atoms with Gasteiger partial charge in [0.05, 0.1) is 6.61 Å². The number of nitrogens with zero attached hydrogens (tertiary/aromatic N) is 1. The van der Waals surface area contributed by atoms with Crippen molar-refractivity contribution in [2.24, 2.45) is 5.41 Å². The molecule has 26 heavy (non-hydrogen) atoms. The van der Waals surface area contributed by atoms with Crippen LogP contribution in [0.1, 0.15) is 32.6 Å². The van der Waals surface area contributed by atoms with E-state index in [-0.39, 0.29) is 29.2 Å². The number of carbonyl (C=O) groups is 2. The van der Waals surface area contributed by atoms with Gasteiger partial charge >= 0.3 is 5.97 Å². The lowest BCUT2D eigenvalue weighted by atomic mass is 10.1. The van der Waals surface area contributed by atoms with Crippen molar-refractivity contribution in [2.75, 3.05) is 25.0 Å². The van der Waals surface area contributed by atoms with Gasteiger partial charge in [-0.05, 0) is 50.8 Å². The first kappa shape index (κ1) is 18.7. The zero-order valence-electron chi connectivity index (χ0n) is 14.5. The number of sulfonamides is 1. The van der Waals surface area contributed by atoms with Crippen LogP contribution in [0.3, 0.4) is 0 Å². The summed E-state index contributed by atoms with van der Waals surface area (Å²) in [6.07, 6.45) is 2.18. The first-order valence-electron chi connectivity index (χ1n) is 8.63. The third kappa shape index (κ3) is 3.28. The Bertz CT molecular complexity index is 826. The number of carbonyl (C=O) groups excluding carboxylic acids is 1. The van der Waals surface area contributed by atoms with Gasteiger partial charge in [0.25, 0.3) is 0 Å². The zero-order chi connectivity index (χ0) is 18.9.